The number of rotatable bonds is 7. The smallest absolute Gasteiger partial charge is 0.255 e. The molecule has 1 fully saturated rings. The van der Waals surface area contributed by atoms with E-state index in [4.69, 9.17) is 9.47 Å². The highest BCUT2D eigenvalue weighted by molar-refractivity contribution is 5.97. The summed E-state index contributed by atoms with van der Waals surface area (Å²) in [5.41, 5.74) is 1.73. The van der Waals surface area contributed by atoms with E-state index in [1.807, 2.05) is 19.3 Å². The van der Waals surface area contributed by atoms with Gasteiger partial charge in [0.2, 0.25) is 0 Å². The van der Waals surface area contributed by atoms with Gasteiger partial charge in [-0.1, -0.05) is 0 Å². The summed E-state index contributed by atoms with van der Waals surface area (Å²) in [4.78, 5) is 15.2. The first-order valence-electron chi connectivity index (χ1n) is 8.99. The molecule has 1 aliphatic rings. The lowest BCUT2D eigenvalue weighted by molar-refractivity contribution is 0.0933. The molecular formula is C20H27N3O3. The zero-order valence-electron chi connectivity index (χ0n) is 15.7. The molecular weight excluding hydrogens is 330 g/mol. The van der Waals surface area contributed by atoms with Gasteiger partial charge < -0.3 is 19.4 Å². The minimum absolute atomic E-state index is 0.136. The van der Waals surface area contributed by atoms with Crippen molar-refractivity contribution in [2.75, 3.05) is 33.9 Å². The van der Waals surface area contributed by atoms with Gasteiger partial charge in [-0.15, -0.1) is 0 Å². The van der Waals surface area contributed by atoms with Crippen LogP contribution >= 0.6 is 0 Å². The number of likely N-dealkylation sites (tertiary alicyclic amines) is 1. The number of ether oxygens (including phenoxy) is 2. The first kappa shape index (κ1) is 18.3. The molecule has 6 heteroatoms. The Kier molecular flexibility index (Phi) is 5.83. The van der Waals surface area contributed by atoms with Crippen LogP contribution in [0.3, 0.4) is 0 Å². The monoisotopic (exact) mass is 357 g/mol. The van der Waals surface area contributed by atoms with Crippen molar-refractivity contribution in [3.05, 3.63) is 47.8 Å². The van der Waals surface area contributed by atoms with Crippen molar-refractivity contribution in [2.45, 2.75) is 18.9 Å². The van der Waals surface area contributed by atoms with Crippen LogP contribution in [0.15, 0.2) is 36.5 Å². The number of hydrogen-bond acceptors (Lipinski definition) is 4. The summed E-state index contributed by atoms with van der Waals surface area (Å²) in [6, 6.07) is 9.58. The van der Waals surface area contributed by atoms with Crippen LogP contribution < -0.4 is 14.8 Å². The van der Waals surface area contributed by atoms with E-state index < -0.39 is 0 Å². The van der Waals surface area contributed by atoms with Crippen LogP contribution in [0.1, 0.15) is 34.9 Å². The lowest BCUT2D eigenvalue weighted by Gasteiger charge is -2.28. The molecule has 6 nitrogen and oxygen atoms in total. The molecule has 26 heavy (non-hydrogen) atoms. The van der Waals surface area contributed by atoms with Gasteiger partial charge in [0.05, 0.1) is 25.8 Å². The van der Waals surface area contributed by atoms with Gasteiger partial charge in [-0.3, -0.25) is 9.69 Å². The van der Waals surface area contributed by atoms with Gasteiger partial charge in [0, 0.05) is 31.5 Å². The predicted octanol–water partition coefficient (Wildman–Crippen LogP) is 2.61. The number of amides is 1. The fourth-order valence-corrected chi connectivity index (χ4v) is 3.57. The molecule has 1 saturated heterocycles. The van der Waals surface area contributed by atoms with E-state index >= 15 is 0 Å². The molecule has 140 valence electrons. The molecule has 0 aliphatic carbocycles. The van der Waals surface area contributed by atoms with E-state index in [1.165, 1.54) is 18.5 Å². The zero-order chi connectivity index (χ0) is 18.5. The Labute approximate surface area is 154 Å². The molecule has 0 radical (unpaired) electrons. The van der Waals surface area contributed by atoms with Crippen LogP contribution in [0.5, 0.6) is 11.5 Å². The van der Waals surface area contributed by atoms with E-state index in [9.17, 15) is 4.79 Å². The summed E-state index contributed by atoms with van der Waals surface area (Å²) in [7, 11) is 5.20. The lowest BCUT2D eigenvalue weighted by atomic mass is 10.1. The molecule has 0 spiro atoms. The standard InChI is InChI=1S/C20H27N3O3/c1-22-10-6-7-17(22)18(23-11-4-5-12-23)14-21-20(24)16-9-8-15(25-2)13-19(16)26-3/h6-10,13,18H,4-5,11-12,14H2,1-3H3,(H,21,24)/t18-/m1/s1. The molecule has 1 aromatic carbocycles. The molecule has 1 amide bonds. The number of methoxy groups -OCH3 is 2. The van der Waals surface area contributed by atoms with Crippen molar-refractivity contribution >= 4 is 5.91 Å². The molecule has 0 saturated carbocycles. The zero-order valence-corrected chi connectivity index (χ0v) is 15.7. The van der Waals surface area contributed by atoms with Crippen molar-refractivity contribution in [2.24, 2.45) is 7.05 Å². The Bertz CT molecular complexity index is 751. The summed E-state index contributed by atoms with van der Waals surface area (Å²) >= 11 is 0. The van der Waals surface area contributed by atoms with Crippen LogP contribution in [0.4, 0.5) is 0 Å². The molecule has 1 aliphatic heterocycles. The number of nitrogens with zero attached hydrogens (tertiary/aromatic N) is 2. The number of nitrogens with one attached hydrogen (secondary N) is 1. The predicted molar refractivity (Wildman–Crippen MR) is 101 cm³/mol. The summed E-state index contributed by atoms with van der Waals surface area (Å²) in [5, 5.41) is 3.09. The summed E-state index contributed by atoms with van der Waals surface area (Å²) in [6.07, 6.45) is 4.47. The molecule has 0 unspecified atom stereocenters. The molecule has 2 aromatic rings. The average Bonchev–Trinajstić information content (AvgIpc) is 3.34. The largest absolute Gasteiger partial charge is 0.497 e. The second-order valence-electron chi connectivity index (χ2n) is 6.58. The highest BCUT2D eigenvalue weighted by atomic mass is 16.5. The first-order chi connectivity index (χ1) is 12.6. The van der Waals surface area contributed by atoms with Gasteiger partial charge in [0.1, 0.15) is 11.5 Å². The van der Waals surface area contributed by atoms with Gasteiger partial charge in [0.15, 0.2) is 0 Å². The van der Waals surface area contributed by atoms with Gasteiger partial charge in [-0.2, -0.15) is 0 Å². The molecule has 3 rings (SSSR count). The van der Waals surface area contributed by atoms with Crippen LogP contribution in [0, 0.1) is 0 Å². The third-order valence-electron chi connectivity index (χ3n) is 5.02. The van der Waals surface area contributed by atoms with E-state index in [0.717, 1.165) is 13.1 Å². The Hall–Kier alpha value is -2.47. The van der Waals surface area contributed by atoms with Crippen LogP contribution in [-0.4, -0.2) is 49.2 Å². The summed E-state index contributed by atoms with van der Waals surface area (Å²) in [5.74, 6) is 1.04. The normalized spacial score (nSPS) is 15.7. The minimum Gasteiger partial charge on any atom is -0.497 e. The third-order valence-corrected chi connectivity index (χ3v) is 5.02. The van der Waals surface area contributed by atoms with Gasteiger partial charge in [-0.05, 0) is 50.2 Å². The van der Waals surface area contributed by atoms with Crippen molar-refractivity contribution < 1.29 is 14.3 Å². The average molecular weight is 357 g/mol. The lowest BCUT2D eigenvalue weighted by Crippen LogP contribution is -2.37. The molecule has 1 N–H and O–H groups in total. The Morgan fingerprint density at radius 1 is 1.19 bits per heavy atom. The SMILES string of the molecule is COc1ccc(C(=O)NC[C@H](c2cccn2C)N2CCCC2)c(OC)c1. The number of carbonyl (C=O) groups is 1. The molecule has 1 atom stereocenters. The summed E-state index contributed by atoms with van der Waals surface area (Å²) < 4.78 is 12.7. The van der Waals surface area contributed by atoms with Crippen molar-refractivity contribution in [3.8, 4) is 11.5 Å². The van der Waals surface area contributed by atoms with E-state index in [0.29, 0.717) is 23.6 Å². The molecule has 1 aromatic heterocycles. The van der Waals surface area contributed by atoms with Gasteiger partial charge in [-0.25, -0.2) is 0 Å². The highest BCUT2D eigenvalue weighted by Gasteiger charge is 2.26. The second kappa shape index (κ2) is 8.27. The molecule has 2 heterocycles. The number of aryl methyl sites for hydroxylation is 1. The van der Waals surface area contributed by atoms with Crippen LogP contribution in [0.25, 0.3) is 0 Å². The fraction of sp³-hybridized carbons (Fsp3) is 0.450. The van der Waals surface area contributed by atoms with Crippen LogP contribution in [0.2, 0.25) is 0 Å². The Morgan fingerprint density at radius 2 is 1.96 bits per heavy atom. The Morgan fingerprint density at radius 3 is 2.58 bits per heavy atom. The first-order valence-corrected chi connectivity index (χ1v) is 8.99. The third kappa shape index (κ3) is 3.85. The fourth-order valence-electron chi connectivity index (χ4n) is 3.57. The number of aromatic nitrogens is 1. The number of carbonyl (C=O) groups excluding carboxylic acids is 1. The quantitative estimate of drug-likeness (QED) is 0.828. The van der Waals surface area contributed by atoms with Crippen molar-refractivity contribution in [1.29, 1.82) is 0 Å². The second-order valence-corrected chi connectivity index (χ2v) is 6.58. The minimum atomic E-state index is -0.136. The van der Waals surface area contributed by atoms with Crippen molar-refractivity contribution in [1.82, 2.24) is 14.8 Å². The maximum Gasteiger partial charge on any atom is 0.255 e. The summed E-state index contributed by atoms with van der Waals surface area (Å²) in [6.45, 7) is 2.70. The van der Waals surface area contributed by atoms with Gasteiger partial charge in [0.25, 0.3) is 5.91 Å². The van der Waals surface area contributed by atoms with E-state index in [1.54, 1.807) is 32.4 Å². The van der Waals surface area contributed by atoms with Crippen molar-refractivity contribution in [3.63, 3.8) is 0 Å². The van der Waals surface area contributed by atoms with E-state index in [-0.39, 0.29) is 11.9 Å². The van der Waals surface area contributed by atoms with E-state index in [2.05, 4.69) is 20.9 Å². The highest BCUT2D eigenvalue weighted by Crippen LogP contribution is 2.26. The maximum absolute atomic E-state index is 12.7. The topological polar surface area (TPSA) is 55.7 Å². The van der Waals surface area contributed by atoms with Crippen LogP contribution in [-0.2, 0) is 7.05 Å². The molecule has 0 bridgehead atoms. The Balaban J connectivity index is 1.74. The number of benzene rings is 1. The van der Waals surface area contributed by atoms with Gasteiger partial charge >= 0.3 is 0 Å². The number of hydrogen-bond donors (Lipinski definition) is 1. The maximum atomic E-state index is 12.7.